The van der Waals surface area contributed by atoms with Crippen molar-refractivity contribution >= 4 is 12.0 Å². The number of carbonyl (C=O) groups is 2. The minimum atomic E-state index is -1.16. The van der Waals surface area contributed by atoms with Crippen molar-refractivity contribution in [1.82, 2.24) is 10.6 Å². The molecule has 0 atom stereocenters. The number of amides is 2. The maximum Gasteiger partial charge on any atom is 0.329 e. The fraction of sp³-hybridized carbons (Fsp3) is 0.467. The molecule has 0 saturated heterocycles. The van der Waals surface area contributed by atoms with Gasteiger partial charge in [0.25, 0.3) is 0 Å². The summed E-state index contributed by atoms with van der Waals surface area (Å²) in [5.74, 6) is -1.32. The van der Waals surface area contributed by atoms with E-state index in [1.807, 2.05) is 0 Å². The van der Waals surface area contributed by atoms with Crippen molar-refractivity contribution in [3.05, 3.63) is 35.6 Å². The predicted octanol–water partition coefficient (Wildman–Crippen LogP) is 2.41. The fourth-order valence-electron chi connectivity index (χ4n) is 2.59. The number of aliphatic carboxylic acids is 1. The summed E-state index contributed by atoms with van der Waals surface area (Å²) in [5, 5.41) is 14.6. The molecular weight excluding hydrogens is 275 g/mol. The van der Waals surface area contributed by atoms with Gasteiger partial charge in [-0.1, -0.05) is 31.4 Å². The van der Waals surface area contributed by atoms with Gasteiger partial charge in [0, 0.05) is 6.54 Å². The Morgan fingerprint density at radius 1 is 1.14 bits per heavy atom. The lowest BCUT2D eigenvalue weighted by atomic mass is 9.82. The van der Waals surface area contributed by atoms with Gasteiger partial charge >= 0.3 is 12.0 Å². The minimum Gasteiger partial charge on any atom is -0.480 e. The third-order valence-electron chi connectivity index (χ3n) is 3.84. The lowest BCUT2D eigenvalue weighted by molar-refractivity contribution is -0.145. The number of nitrogens with one attached hydrogen (secondary N) is 2. The van der Waals surface area contributed by atoms with Crippen LogP contribution >= 0.6 is 0 Å². The van der Waals surface area contributed by atoms with Gasteiger partial charge in [0.2, 0.25) is 0 Å². The van der Waals surface area contributed by atoms with Crippen LogP contribution in [0.2, 0.25) is 0 Å². The molecule has 2 rings (SSSR count). The first-order valence-corrected chi connectivity index (χ1v) is 7.06. The zero-order valence-electron chi connectivity index (χ0n) is 11.7. The molecule has 114 valence electrons. The topological polar surface area (TPSA) is 78.4 Å². The van der Waals surface area contributed by atoms with Crippen LogP contribution in [0.15, 0.2) is 24.3 Å². The molecule has 0 spiro atoms. The quantitative estimate of drug-likeness (QED) is 0.798. The molecule has 1 aromatic carbocycles. The van der Waals surface area contributed by atoms with Gasteiger partial charge in [0.05, 0.1) is 0 Å². The van der Waals surface area contributed by atoms with Crippen LogP contribution in [0.25, 0.3) is 0 Å². The van der Waals surface area contributed by atoms with Gasteiger partial charge < -0.3 is 15.7 Å². The van der Waals surface area contributed by atoms with E-state index in [4.69, 9.17) is 0 Å². The molecule has 0 aliphatic heterocycles. The Balaban J connectivity index is 1.90. The number of carboxylic acids is 1. The smallest absolute Gasteiger partial charge is 0.329 e. The van der Waals surface area contributed by atoms with Crippen LogP contribution in [0.5, 0.6) is 0 Å². The summed E-state index contributed by atoms with van der Waals surface area (Å²) in [7, 11) is 0. The van der Waals surface area contributed by atoms with E-state index in [0.29, 0.717) is 12.8 Å². The lowest BCUT2D eigenvalue weighted by Gasteiger charge is -2.33. The van der Waals surface area contributed by atoms with E-state index in [-0.39, 0.29) is 12.4 Å². The van der Waals surface area contributed by atoms with E-state index in [2.05, 4.69) is 10.6 Å². The molecule has 0 radical (unpaired) electrons. The molecule has 1 saturated carbocycles. The fourth-order valence-corrected chi connectivity index (χ4v) is 2.59. The second-order valence-electron chi connectivity index (χ2n) is 5.38. The summed E-state index contributed by atoms with van der Waals surface area (Å²) in [6.45, 7) is 0.224. The van der Waals surface area contributed by atoms with Crippen molar-refractivity contribution in [3.8, 4) is 0 Å². The molecule has 0 aromatic heterocycles. The first kappa shape index (κ1) is 15.3. The van der Waals surface area contributed by atoms with Crippen LogP contribution < -0.4 is 10.6 Å². The maximum absolute atomic E-state index is 12.8. The molecule has 6 heteroatoms. The molecule has 0 bridgehead atoms. The molecule has 2 amide bonds. The number of benzene rings is 1. The summed E-state index contributed by atoms with van der Waals surface area (Å²) in [4.78, 5) is 23.3. The van der Waals surface area contributed by atoms with E-state index >= 15 is 0 Å². The summed E-state index contributed by atoms with van der Waals surface area (Å²) in [5.41, 5.74) is -0.412. The van der Waals surface area contributed by atoms with Crippen molar-refractivity contribution in [2.75, 3.05) is 0 Å². The normalized spacial score (nSPS) is 17.0. The average molecular weight is 294 g/mol. The number of hydrogen-bond donors (Lipinski definition) is 3. The lowest BCUT2D eigenvalue weighted by Crippen LogP contribution is -2.57. The molecule has 5 nitrogen and oxygen atoms in total. The monoisotopic (exact) mass is 294 g/mol. The van der Waals surface area contributed by atoms with E-state index in [1.54, 1.807) is 12.1 Å². The summed E-state index contributed by atoms with van der Waals surface area (Å²) < 4.78 is 12.8. The SMILES string of the molecule is O=C(NCc1ccc(F)cc1)NC1(C(=O)O)CCCCC1. The van der Waals surface area contributed by atoms with Crippen LogP contribution in [0.4, 0.5) is 9.18 Å². The Morgan fingerprint density at radius 2 is 1.76 bits per heavy atom. The number of rotatable bonds is 4. The Labute approximate surface area is 122 Å². The van der Waals surface area contributed by atoms with E-state index < -0.39 is 17.5 Å². The highest BCUT2D eigenvalue weighted by atomic mass is 19.1. The first-order valence-electron chi connectivity index (χ1n) is 7.06. The van der Waals surface area contributed by atoms with Crippen molar-refractivity contribution in [1.29, 1.82) is 0 Å². The summed E-state index contributed by atoms with van der Waals surface area (Å²) >= 11 is 0. The Hall–Kier alpha value is -2.11. The summed E-state index contributed by atoms with van der Waals surface area (Å²) in [6.07, 6.45) is 3.49. The predicted molar refractivity (Wildman–Crippen MR) is 75.2 cm³/mol. The van der Waals surface area contributed by atoms with Crippen LogP contribution in [-0.2, 0) is 11.3 Å². The van der Waals surface area contributed by atoms with Gasteiger partial charge in [0.15, 0.2) is 0 Å². The van der Waals surface area contributed by atoms with E-state index in [1.165, 1.54) is 12.1 Å². The zero-order chi connectivity index (χ0) is 15.3. The first-order chi connectivity index (χ1) is 10.0. The van der Waals surface area contributed by atoms with Crippen LogP contribution in [0.3, 0.4) is 0 Å². The molecule has 1 aliphatic rings. The highest BCUT2D eigenvalue weighted by Gasteiger charge is 2.40. The number of halogens is 1. The van der Waals surface area contributed by atoms with Crippen molar-refractivity contribution in [2.45, 2.75) is 44.2 Å². The summed E-state index contributed by atoms with van der Waals surface area (Å²) in [6, 6.07) is 5.26. The van der Waals surface area contributed by atoms with Crippen LogP contribution in [0.1, 0.15) is 37.7 Å². The van der Waals surface area contributed by atoms with Gasteiger partial charge in [-0.3, -0.25) is 0 Å². The average Bonchev–Trinajstić information content (AvgIpc) is 2.47. The second-order valence-corrected chi connectivity index (χ2v) is 5.38. The standard InChI is InChI=1S/C15H19FN2O3/c16-12-6-4-11(5-7-12)10-17-14(21)18-15(13(19)20)8-2-1-3-9-15/h4-7H,1-3,8-10H2,(H,19,20)(H2,17,18,21). The van der Waals surface area contributed by atoms with Gasteiger partial charge in [-0.25, -0.2) is 14.0 Å². The molecular formula is C15H19FN2O3. The largest absolute Gasteiger partial charge is 0.480 e. The van der Waals surface area contributed by atoms with Gasteiger partial charge in [0.1, 0.15) is 11.4 Å². The van der Waals surface area contributed by atoms with Crippen molar-refractivity contribution in [2.24, 2.45) is 0 Å². The van der Waals surface area contributed by atoms with Crippen LogP contribution in [0, 0.1) is 5.82 Å². The second kappa shape index (κ2) is 6.56. The van der Waals surface area contributed by atoms with E-state index in [9.17, 15) is 19.1 Å². The highest BCUT2D eigenvalue weighted by Crippen LogP contribution is 2.28. The molecule has 3 N–H and O–H groups in total. The van der Waals surface area contributed by atoms with Gasteiger partial charge in [-0.15, -0.1) is 0 Å². The zero-order valence-corrected chi connectivity index (χ0v) is 11.7. The number of carbonyl (C=O) groups excluding carboxylic acids is 1. The molecule has 0 unspecified atom stereocenters. The number of urea groups is 1. The maximum atomic E-state index is 12.8. The third-order valence-corrected chi connectivity index (χ3v) is 3.84. The van der Waals surface area contributed by atoms with Gasteiger partial charge in [-0.05, 0) is 30.5 Å². The van der Waals surface area contributed by atoms with Crippen LogP contribution in [-0.4, -0.2) is 22.6 Å². The Morgan fingerprint density at radius 3 is 2.33 bits per heavy atom. The molecule has 1 aliphatic carbocycles. The van der Waals surface area contributed by atoms with Crippen molar-refractivity contribution in [3.63, 3.8) is 0 Å². The van der Waals surface area contributed by atoms with E-state index in [0.717, 1.165) is 24.8 Å². The van der Waals surface area contributed by atoms with Gasteiger partial charge in [-0.2, -0.15) is 0 Å². The third kappa shape index (κ3) is 3.93. The molecule has 1 fully saturated rings. The number of hydrogen-bond acceptors (Lipinski definition) is 2. The molecule has 21 heavy (non-hydrogen) atoms. The molecule has 0 heterocycles. The molecule has 1 aromatic rings. The number of carboxylic acid groups (broad SMARTS) is 1. The Bertz CT molecular complexity index is 510. The van der Waals surface area contributed by atoms with Crippen molar-refractivity contribution < 1.29 is 19.1 Å². The Kier molecular flexibility index (Phi) is 4.77. The highest BCUT2D eigenvalue weighted by molar-refractivity contribution is 5.86. The minimum absolute atomic E-state index is 0.224.